The van der Waals surface area contributed by atoms with Gasteiger partial charge in [-0.1, -0.05) is 17.4 Å². The van der Waals surface area contributed by atoms with Crippen LogP contribution >= 0.6 is 23.1 Å². The first-order valence-electron chi connectivity index (χ1n) is 11.2. The maximum absolute atomic E-state index is 12.7. The summed E-state index contributed by atoms with van der Waals surface area (Å²) in [4.78, 5) is 53.0. The van der Waals surface area contributed by atoms with Crippen LogP contribution < -0.4 is 15.4 Å². The van der Waals surface area contributed by atoms with E-state index >= 15 is 0 Å². The molecule has 0 aliphatic carbocycles. The van der Waals surface area contributed by atoms with Crippen LogP contribution in [0.1, 0.15) is 38.0 Å². The summed E-state index contributed by atoms with van der Waals surface area (Å²) in [5.74, 6) is -2.85. The number of anilines is 2. The Bertz CT molecular complexity index is 1550. The second-order valence-electron chi connectivity index (χ2n) is 7.77. The topological polar surface area (TPSA) is 155 Å². The molecule has 0 aliphatic heterocycles. The quantitative estimate of drug-likeness (QED) is 0.198. The van der Waals surface area contributed by atoms with Crippen molar-refractivity contribution in [1.29, 1.82) is 0 Å². The first-order chi connectivity index (χ1) is 18.2. The molecule has 12 heteroatoms. The second kappa shape index (κ2) is 11.8. The molecule has 1 heterocycles. The second-order valence-corrected chi connectivity index (χ2v) is 9.85. The van der Waals surface area contributed by atoms with Crippen LogP contribution in [0.15, 0.2) is 65.6 Å². The average Bonchev–Trinajstić information content (AvgIpc) is 3.28. The minimum absolute atomic E-state index is 0.0946. The van der Waals surface area contributed by atoms with Crippen molar-refractivity contribution in [3.63, 3.8) is 0 Å². The van der Waals surface area contributed by atoms with E-state index in [4.69, 9.17) is 9.84 Å². The lowest BCUT2D eigenvalue weighted by Gasteiger charge is -2.10. The highest BCUT2D eigenvalue weighted by Crippen LogP contribution is 2.30. The lowest BCUT2D eigenvalue weighted by Crippen LogP contribution is -2.17. The number of aromatic carboxylic acids is 2. The molecule has 4 aromatic rings. The van der Waals surface area contributed by atoms with Crippen LogP contribution in [0, 0.1) is 0 Å². The third kappa shape index (κ3) is 6.47. The number of carbonyl (C=O) groups excluding carboxylic acids is 2. The van der Waals surface area contributed by atoms with Crippen LogP contribution in [0.3, 0.4) is 0 Å². The Morgan fingerprint density at radius 3 is 2.50 bits per heavy atom. The molecule has 0 radical (unpaired) electrons. The molecule has 0 aliphatic rings. The van der Waals surface area contributed by atoms with E-state index in [1.807, 2.05) is 25.1 Å². The Kier molecular flexibility index (Phi) is 8.24. The van der Waals surface area contributed by atoms with Crippen molar-refractivity contribution < 1.29 is 34.1 Å². The number of nitrogens with one attached hydrogen (secondary N) is 2. The third-order valence-corrected chi connectivity index (χ3v) is 7.05. The summed E-state index contributed by atoms with van der Waals surface area (Å²) < 4.78 is 6.39. The first kappa shape index (κ1) is 26.6. The van der Waals surface area contributed by atoms with Crippen LogP contribution in [0.25, 0.3) is 10.2 Å². The van der Waals surface area contributed by atoms with E-state index in [0.29, 0.717) is 22.3 Å². The van der Waals surface area contributed by atoms with E-state index in [2.05, 4.69) is 15.6 Å². The van der Waals surface area contributed by atoms with Crippen LogP contribution in [0.5, 0.6) is 5.75 Å². The highest BCUT2D eigenvalue weighted by molar-refractivity contribution is 8.00. The Hall–Kier alpha value is -4.42. The molecule has 38 heavy (non-hydrogen) atoms. The van der Waals surface area contributed by atoms with Gasteiger partial charge in [0, 0.05) is 10.6 Å². The van der Waals surface area contributed by atoms with Crippen LogP contribution in [-0.2, 0) is 4.79 Å². The van der Waals surface area contributed by atoms with Crippen molar-refractivity contribution in [2.75, 3.05) is 23.0 Å². The molecular formula is C26H21N3O7S2. The number of amides is 2. The van der Waals surface area contributed by atoms with Gasteiger partial charge in [0.1, 0.15) is 5.75 Å². The highest BCUT2D eigenvalue weighted by atomic mass is 32.2. The first-order valence-corrected chi connectivity index (χ1v) is 13.0. The normalized spacial score (nSPS) is 10.7. The van der Waals surface area contributed by atoms with Crippen molar-refractivity contribution in [2.24, 2.45) is 0 Å². The number of hydrogen-bond donors (Lipinski definition) is 4. The van der Waals surface area contributed by atoms with Crippen LogP contribution in [0.4, 0.5) is 10.8 Å². The van der Waals surface area contributed by atoms with Crippen LogP contribution in [0.2, 0.25) is 0 Å². The molecule has 0 saturated heterocycles. The highest BCUT2D eigenvalue weighted by Gasteiger charge is 2.19. The number of aromatic nitrogens is 1. The molecule has 194 valence electrons. The van der Waals surface area contributed by atoms with Gasteiger partial charge in [0.05, 0.1) is 39.3 Å². The molecule has 4 rings (SSSR count). The third-order valence-electron chi connectivity index (χ3n) is 5.12. The summed E-state index contributed by atoms with van der Waals surface area (Å²) in [6.07, 6.45) is 0. The average molecular weight is 552 g/mol. The molecule has 0 bridgehead atoms. The van der Waals surface area contributed by atoms with Crippen LogP contribution in [-0.4, -0.2) is 51.3 Å². The fourth-order valence-corrected chi connectivity index (χ4v) is 5.10. The number of nitrogens with zero attached hydrogens (tertiary/aromatic N) is 1. The number of thioether (sulfide) groups is 1. The standard InChI is InChI=1S/C26H21N3O7S2/c1-2-36-16-7-9-20-21(12-16)38-26(28-20)29-22(30)13-37-17-5-3-4-15(11-17)27-23(31)18-8-6-14(24(32)33)10-19(18)25(34)35/h3-12H,2,13H2,1H3,(H,27,31)(H,32,33)(H,34,35)(H,28,29,30). The number of hydrogen-bond acceptors (Lipinski definition) is 8. The van der Waals surface area contributed by atoms with Gasteiger partial charge in [-0.3, -0.25) is 9.59 Å². The number of fused-ring (bicyclic) bond motifs is 1. The van der Waals surface area contributed by atoms with Crippen molar-refractivity contribution >= 4 is 67.9 Å². The predicted molar refractivity (Wildman–Crippen MR) is 145 cm³/mol. The number of benzene rings is 3. The van der Waals surface area contributed by atoms with E-state index < -0.39 is 23.4 Å². The van der Waals surface area contributed by atoms with E-state index in [0.717, 1.165) is 34.2 Å². The molecule has 0 fully saturated rings. The Labute approximate surface area is 224 Å². The fraction of sp³-hybridized carbons (Fsp3) is 0.115. The Balaban J connectivity index is 1.38. The minimum atomic E-state index is -1.42. The van der Waals surface area contributed by atoms with Gasteiger partial charge in [-0.25, -0.2) is 14.6 Å². The van der Waals surface area contributed by atoms with E-state index in [1.54, 1.807) is 24.3 Å². The molecule has 0 spiro atoms. The predicted octanol–water partition coefficient (Wildman–Crippen LogP) is 5.07. The zero-order chi connectivity index (χ0) is 27.2. The number of carbonyl (C=O) groups is 4. The summed E-state index contributed by atoms with van der Waals surface area (Å²) >= 11 is 2.59. The molecule has 0 atom stereocenters. The Morgan fingerprint density at radius 2 is 1.76 bits per heavy atom. The SMILES string of the molecule is CCOc1ccc2nc(NC(=O)CSc3cccc(NC(=O)c4ccc(C(=O)O)cc4C(=O)O)c3)sc2c1. The van der Waals surface area contributed by atoms with E-state index in [-0.39, 0.29) is 22.8 Å². The molecular weight excluding hydrogens is 530 g/mol. The van der Waals surface area contributed by atoms with E-state index in [1.165, 1.54) is 23.1 Å². The largest absolute Gasteiger partial charge is 0.494 e. The zero-order valence-corrected chi connectivity index (χ0v) is 21.5. The monoisotopic (exact) mass is 551 g/mol. The van der Waals surface area contributed by atoms with Gasteiger partial charge < -0.3 is 25.6 Å². The van der Waals surface area contributed by atoms with Crippen molar-refractivity contribution in [2.45, 2.75) is 11.8 Å². The zero-order valence-electron chi connectivity index (χ0n) is 19.9. The number of rotatable bonds is 10. The molecule has 3 aromatic carbocycles. The fourth-order valence-electron chi connectivity index (χ4n) is 3.43. The lowest BCUT2D eigenvalue weighted by atomic mass is 10.0. The van der Waals surface area contributed by atoms with Gasteiger partial charge >= 0.3 is 11.9 Å². The molecule has 0 saturated carbocycles. The van der Waals surface area contributed by atoms with Gasteiger partial charge in [0.2, 0.25) is 5.91 Å². The molecule has 2 amide bonds. The number of carboxylic acid groups (broad SMARTS) is 2. The maximum atomic E-state index is 12.7. The summed E-state index contributed by atoms with van der Waals surface area (Å²) in [5.41, 5.74) is 0.304. The summed E-state index contributed by atoms with van der Waals surface area (Å²) in [5, 5.41) is 24.4. The van der Waals surface area contributed by atoms with Gasteiger partial charge in [-0.05, 0) is 61.5 Å². The number of carboxylic acids is 2. The van der Waals surface area contributed by atoms with E-state index in [9.17, 15) is 24.3 Å². The summed E-state index contributed by atoms with van der Waals surface area (Å²) in [7, 11) is 0. The lowest BCUT2D eigenvalue weighted by molar-refractivity contribution is -0.113. The summed E-state index contributed by atoms with van der Waals surface area (Å²) in [6.45, 7) is 2.46. The Morgan fingerprint density at radius 1 is 0.947 bits per heavy atom. The molecule has 0 unspecified atom stereocenters. The summed E-state index contributed by atoms with van der Waals surface area (Å²) in [6, 6.07) is 15.5. The van der Waals surface area contributed by atoms with Gasteiger partial charge in [-0.15, -0.1) is 11.8 Å². The molecule has 4 N–H and O–H groups in total. The molecule has 1 aromatic heterocycles. The number of thiazole rings is 1. The smallest absolute Gasteiger partial charge is 0.336 e. The van der Waals surface area contributed by atoms with Gasteiger partial charge in [0.25, 0.3) is 5.91 Å². The number of ether oxygens (including phenoxy) is 1. The molecule has 10 nitrogen and oxygen atoms in total. The minimum Gasteiger partial charge on any atom is -0.494 e. The van der Waals surface area contributed by atoms with Crippen molar-refractivity contribution in [3.8, 4) is 5.75 Å². The van der Waals surface area contributed by atoms with Gasteiger partial charge in [0.15, 0.2) is 5.13 Å². The van der Waals surface area contributed by atoms with Crippen molar-refractivity contribution in [1.82, 2.24) is 4.98 Å². The van der Waals surface area contributed by atoms with Gasteiger partial charge in [-0.2, -0.15) is 0 Å². The van der Waals surface area contributed by atoms with Crippen molar-refractivity contribution in [3.05, 3.63) is 77.4 Å². The maximum Gasteiger partial charge on any atom is 0.336 e.